The monoisotopic (exact) mass is 1820 g/mol. The Morgan fingerprint density at radius 3 is 0.661 bits per heavy atom. The molecule has 0 saturated carbocycles. The molecule has 0 rings (SSSR count). The van der Waals surface area contributed by atoms with Crippen LogP contribution in [0.5, 0.6) is 0 Å². The largest absolute Gasteiger partial charge is 0.472 e. The van der Waals surface area contributed by atoms with Crippen LogP contribution in [0.2, 0.25) is 0 Å². The van der Waals surface area contributed by atoms with Crippen molar-refractivity contribution in [2.24, 2.45) is 0 Å². The molecule has 127 heavy (non-hydrogen) atoms. The predicted molar refractivity (Wildman–Crippen MR) is 537 cm³/mol. The Balaban J connectivity index is 4.59. The lowest BCUT2D eigenvalue weighted by Crippen LogP contribution is -2.30. The lowest BCUT2D eigenvalue weighted by Gasteiger charge is -2.21. The van der Waals surface area contributed by atoms with Crippen LogP contribution in [0.4, 0.5) is 0 Å². The third-order valence-corrected chi connectivity index (χ3v) is 24.1. The lowest BCUT2D eigenvalue weighted by atomic mass is 10.0. The number of hydrogen-bond acceptors (Lipinski definition) is 14. The smallest absolute Gasteiger partial charge is 0.463 e. The SMILES string of the molecule is CC/C=C\C/C=C\C/C=C\C/C=C\C/C=C\CCCCCCCCCCCCCCCCCCCC(=O)OCC(O)COP(=O)(O)OCC(O)COP(=O)(O)OCC(COC(=O)CCCCCCCCCCCCCCCCC/C=C\C/C=C\C/C=C\C/C=C\CCCCC)OC(=O)CCCCCCCCCCCCC/C=C\C/C=C\C/C=C\C/C=C\CCCCC. The van der Waals surface area contributed by atoms with Crippen LogP contribution in [0.15, 0.2) is 158 Å². The highest BCUT2D eigenvalue weighted by molar-refractivity contribution is 7.47. The van der Waals surface area contributed by atoms with Gasteiger partial charge in [-0.2, -0.15) is 0 Å². The Morgan fingerprint density at radius 1 is 0.228 bits per heavy atom. The van der Waals surface area contributed by atoms with E-state index in [-0.39, 0.29) is 19.3 Å². The Morgan fingerprint density at radius 2 is 0.417 bits per heavy atom. The molecule has 0 amide bonds. The number of aliphatic hydroxyl groups excluding tert-OH is 2. The zero-order chi connectivity index (χ0) is 92.1. The van der Waals surface area contributed by atoms with E-state index in [1.165, 1.54) is 257 Å². The van der Waals surface area contributed by atoms with Gasteiger partial charge < -0.3 is 34.2 Å². The minimum atomic E-state index is -4.95. The molecular formula is C109H190O16P2. The molecule has 0 aromatic rings. The van der Waals surface area contributed by atoms with Gasteiger partial charge in [-0.3, -0.25) is 32.5 Å². The van der Waals surface area contributed by atoms with Crippen LogP contribution in [0.25, 0.3) is 0 Å². The van der Waals surface area contributed by atoms with Gasteiger partial charge in [-0.05, 0) is 154 Å². The average Bonchev–Trinajstić information content (AvgIpc) is 0.899. The van der Waals surface area contributed by atoms with E-state index in [2.05, 4.69) is 179 Å². The summed E-state index contributed by atoms with van der Waals surface area (Å²) in [6.07, 6.45) is 130. The molecule has 0 aromatic heterocycles. The number of carbonyl (C=O) groups excluding carboxylic acids is 3. The Labute approximate surface area is 778 Å². The average molecular weight is 1820 g/mol. The number of ether oxygens (including phenoxy) is 3. The molecule has 4 N–H and O–H groups in total. The van der Waals surface area contributed by atoms with Gasteiger partial charge in [-0.15, -0.1) is 0 Å². The van der Waals surface area contributed by atoms with Crippen molar-refractivity contribution in [3.63, 3.8) is 0 Å². The van der Waals surface area contributed by atoms with Crippen LogP contribution in [-0.2, 0) is 55.8 Å². The first-order chi connectivity index (χ1) is 62.2. The van der Waals surface area contributed by atoms with E-state index in [0.29, 0.717) is 19.3 Å². The van der Waals surface area contributed by atoms with Crippen LogP contribution in [0, 0.1) is 0 Å². The Kier molecular flexibility index (Phi) is 96.4. The number of rotatable bonds is 98. The molecule has 0 aromatic carbocycles. The molecule has 732 valence electrons. The van der Waals surface area contributed by atoms with Crippen molar-refractivity contribution in [2.75, 3.05) is 39.6 Å². The summed E-state index contributed by atoms with van der Waals surface area (Å²) in [4.78, 5) is 59.2. The molecule has 0 saturated heterocycles. The molecular weight excluding hydrogens is 1630 g/mol. The summed E-state index contributed by atoms with van der Waals surface area (Å²) < 4.78 is 61.7. The van der Waals surface area contributed by atoms with Gasteiger partial charge in [0.2, 0.25) is 0 Å². The number of aliphatic hydroxyl groups is 2. The summed E-state index contributed by atoms with van der Waals surface area (Å²) >= 11 is 0. The molecule has 0 aliphatic rings. The van der Waals surface area contributed by atoms with Gasteiger partial charge in [-0.1, -0.05) is 442 Å². The quantitative estimate of drug-likeness (QED) is 0.0146. The Bertz CT molecular complexity index is 2940. The maximum atomic E-state index is 13.1. The number of esters is 3. The molecule has 5 atom stereocenters. The van der Waals surface area contributed by atoms with Crippen LogP contribution in [0.1, 0.15) is 457 Å². The summed E-state index contributed by atoms with van der Waals surface area (Å²) in [6.45, 7) is 2.60. The topological polar surface area (TPSA) is 231 Å². The van der Waals surface area contributed by atoms with Gasteiger partial charge in [0.1, 0.15) is 25.4 Å². The van der Waals surface area contributed by atoms with Crippen LogP contribution < -0.4 is 0 Å². The first-order valence-electron chi connectivity index (χ1n) is 51.8. The van der Waals surface area contributed by atoms with Gasteiger partial charge in [-0.25, -0.2) is 9.13 Å². The predicted octanol–water partition coefficient (Wildman–Crippen LogP) is 32.8. The fraction of sp³-hybridized carbons (Fsp3) is 0.734. The maximum absolute atomic E-state index is 13.1. The van der Waals surface area contributed by atoms with E-state index >= 15 is 0 Å². The number of phosphoric acid groups is 2. The zero-order valence-corrected chi connectivity index (χ0v) is 82.9. The van der Waals surface area contributed by atoms with Gasteiger partial charge >= 0.3 is 33.6 Å². The van der Waals surface area contributed by atoms with Crippen molar-refractivity contribution >= 4 is 33.6 Å². The normalized spacial score (nSPS) is 14.3. The van der Waals surface area contributed by atoms with E-state index < -0.39 is 91.5 Å². The van der Waals surface area contributed by atoms with Gasteiger partial charge in [0.25, 0.3) is 0 Å². The van der Waals surface area contributed by atoms with Crippen molar-refractivity contribution in [3.8, 4) is 0 Å². The third-order valence-electron chi connectivity index (χ3n) is 22.2. The number of carbonyl (C=O) groups is 3. The molecule has 0 heterocycles. The second kappa shape index (κ2) is 100. The van der Waals surface area contributed by atoms with E-state index in [1.807, 2.05) is 0 Å². The third kappa shape index (κ3) is 102. The second-order valence-corrected chi connectivity index (χ2v) is 37.5. The lowest BCUT2D eigenvalue weighted by molar-refractivity contribution is -0.161. The fourth-order valence-electron chi connectivity index (χ4n) is 14.4. The summed E-state index contributed by atoms with van der Waals surface area (Å²) in [5, 5.41) is 20.8. The zero-order valence-electron chi connectivity index (χ0n) is 81.2. The number of hydrogen-bond donors (Lipinski definition) is 4. The first kappa shape index (κ1) is 122. The summed E-state index contributed by atoms with van der Waals surface area (Å²) in [5.41, 5.74) is 0. The van der Waals surface area contributed by atoms with Crippen molar-refractivity contribution < 1.29 is 75.8 Å². The summed E-state index contributed by atoms with van der Waals surface area (Å²) in [5.74, 6) is -1.56. The molecule has 0 aliphatic carbocycles. The highest BCUT2D eigenvalue weighted by atomic mass is 31.2. The summed E-state index contributed by atoms with van der Waals surface area (Å²) in [6, 6.07) is 0. The minimum Gasteiger partial charge on any atom is -0.463 e. The molecule has 0 aliphatic heterocycles. The van der Waals surface area contributed by atoms with E-state index in [4.69, 9.17) is 32.3 Å². The number of allylic oxidation sites excluding steroid dienone is 26. The van der Waals surface area contributed by atoms with Crippen molar-refractivity contribution in [1.29, 1.82) is 0 Å². The molecule has 0 fully saturated rings. The van der Waals surface area contributed by atoms with Crippen LogP contribution in [0.3, 0.4) is 0 Å². The molecule has 18 heteroatoms. The van der Waals surface area contributed by atoms with E-state index in [0.717, 1.165) is 141 Å². The molecule has 0 bridgehead atoms. The molecule has 0 spiro atoms. The van der Waals surface area contributed by atoms with Crippen LogP contribution >= 0.6 is 15.6 Å². The molecule has 5 unspecified atom stereocenters. The number of phosphoric ester groups is 2. The van der Waals surface area contributed by atoms with Gasteiger partial charge in [0.15, 0.2) is 6.10 Å². The first-order valence-corrected chi connectivity index (χ1v) is 54.8. The van der Waals surface area contributed by atoms with Gasteiger partial charge in [0.05, 0.1) is 26.4 Å². The van der Waals surface area contributed by atoms with Crippen molar-refractivity contribution in [3.05, 3.63) is 158 Å². The molecule has 0 radical (unpaired) electrons. The summed E-state index contributed by atoms with van der Waals surface area (Å²) in [7, 11) is -9.82. The van der Waals surface area contributed by atoms with Gasteiger partial charge in [0, 0.05) is 19.3 Å². The van der Waals surface area contributed by atoms with E-state index in [9.17, 15) is 43.5 Å². The second-order valence-electron chi connectivity index (χ2n) is 34.6. The van der Waals surface area contributed by atoms with Crippen molar-refractivity contribution in [2.45, 2.75) is 476 Å². The number of unbranched alkanes of at least 4 members (excludes halogenated alkanes) is 49. The highest BCUT2D eigenvalue weighted by Crippen LogP contribution is 2.45. The standard InChI is InChI=1S/C109H190O16P2/c1-4-7-10-13-16-19-22-25-28-31-34-37-40-43-46-48-50-51-53-55-57-59-62-65-68-71-74-77-80-83-86-89-92-95-107(112)119-98-104(110)99-121-126(115,116)122-100-105(111)101-123-127(117,118)124-103-106(125-109(114)97-94-91-88-85-82-79-76-73-70-67-64-61-56-45-42-39-36-33-30-27-24-21-18-15-12-9-6-3)102-120-108(113)96-93-90-87-84-81-78-75-72-69-66-63-60-58-54-52-49-47-44-41-38-35-32-29-26-23-20-17-14-11-8-5-2/h7,10,16-21,25-30,34-39,43-47,56,104-106,110-111H,4-6,8-9,11-15,22-24,31-33,40-42,48-55,57-103H2,1-3H3,(H,115,116)(H,117,118)/b10-7-,19-16-,20-17-,21-18-,28-25-,29-26-,30-27-,37-34-,38-35-,39-36-,46-43-,47-44-,56-45-. The fourth-order valence-corrected chi connectivity index (χ4v) is 16.0. The molecule has 16 nitrogen and oxygen atoms in total. The Hall–Kier alpha value is -4.83. The van der Waals surface area contributed by atoms with Crippen LogP contribution in [-0.4, -0.2) is 95.9 Å². The van der Waals surface area contributed by atoms with Crippen molar-refractivity contribution in [1.82, 2.24) is 0 Å². The minimum absolute atomic E-state index is 0.0994. The maximum Gasteiger partial charge on any atom is 0.472 e. The highest BCUT2D eigenvalue weighted by Gasteiger charge is 2.30. The van der Waals surface area contributed by atoms with E-state index in [1.54, 1.807) is 0 Å².